The Morgan fingerprint density at radius 1 is 0.733 bits per heavy atom. The van der Waals surface area contributed by atoms with Crippen molar-refractivity contribution in [2.45, 2.75) is 0 Å². The van der Waals surface area contributed by atoms with Crippen LogP contribution in [0.2, 0.25) is 0 Å². The van der Waals surface area contributed by atoms with Crippen molar-refractivity contribution in [2.75, 3.05) is 33.1 Å². The van der Waals surface area contributed by atoms with Crippen LogP contribution in [0, 0.1) is 0 Å². The van der Waals surface area contributed by atoms with Crippen LogP contribution in [-0.4, -0.2) is 53.4 Å². The molecular formula is C27H27N2Se+. The molecule has 2 aliphatic rings. The van der Waals surface area contributed by atoms with Crippen molar-refractivity contribution in [1.29, 1.82) is 0 Å². The first-order valence-electron chi connectivity index (χ1n) is 10.1. The maximum absolute atomic E-state index is 2.37. The number of anilines is 1. The molecule has 150 valence electrons. The molecular weight excluding hydrogens is 431 g/mol. The minimum atomic E-state index is 0.248. The van der Waals surface area contributed by atoms with Crippen LogP contribution in [0.4, 0.5) is 5.69 Å². The Morgan fingerprint density at radius 3 is 2.00 bits per heavy atom. The molecule has 1 aliphatic carbocycles. The summed E-state index contributed by atoms with van der Waals surface area (Å²) in [5.41, 5.74) is 7.61. The Kier molecular flexibility index (Phi) is 6.03. The summed E-state index contributed by atoms with van der Waals surface area (Å²) in [5, 5.41) is 0. The van der Waals surface area contributed by atoms with E-state index in [1.165, 1.54) is 42.6 Å². The third-order valence-electron chi connectivity index (χ3n) is 5.24. The van der Waals surface area contributed by atoms with Crippen LogP contribution in [0.5, 0.6) is 0 Å². The summed E-state index contributed by atoms with van der Waals surface area (Å²) in [4.78, 5) is 2.14. The van der Waals surface area contributed by atoms with Crippen molar-refractivity contribution in [3.63, 3.8) is 0 Å². The first-order chi connectivity index (χ1) is 14.5. The number of benzene rings is 2. The molecule has 0 spiro atoms. The summed E-state index contributed by atoms with van der Waals surface area (Å²) in [6, 6.07) is 19.6. The zero-order chi connectivity index (χ0) is 21.1. The molecule has 30 heavy (non-hydrogen) atoms. The van der Waals surface area contributed by atoms with Gasteiger partial charge < -0.3 is 0 Å². The topological polar surface area (TPSA) is 6.25 Å². The van der Waals surface area contributed by atoms with Crippen LogP contribution < -0.4 is 4.90 Å². The van der Waals surface area contributed by atoms with Crippen LogP contribution >= 0.6 is 0 Å². The molecule has 0 saturated carbocycles. The third kappa shape index (κ3) is 4.48. The molecule has 0 saturated heterocycles. The van der Waals surface area contributed by atoms with E-state index in [-0.39, 0.29) is 15.0 Å². The van der Waals surface area contributed by atoms with Crippen LogP contribution in [0.25, 0.3) is 10.0 Å². The van der Waals surface area contributed by atoms with Crippen LogP contribution in [0.3, 0.4) is 0 Å². The van der Waals surface area contributed by atoms with E-state index >= 15 is 0 Å². The van der Waals surface area contributed by atoms with Gasteiger partial charge in [0.05, 0.1) is 0 Å². The van der Waals surface area contributed by atoms with Gasteiger partial charge in [-0.2, -0.15) is 0 Å². The van der Waals surface area contributed by atoms with Gasteiger partial charge in [-0.05, 0) is 0 Å². The van der Waals surface area contributed by atoms with E-state index in [2.05, 4.69) is 129 Å². The monoisotopic (exact) mass is 459 g/mol. The first-order valence-corrected chi connectivity index (χ1v) is 11.8. The Balaban J connectivity index is 1.77. The minimum absolute atomic E-state index is 0.248. The van der Waals surface area contributed by atoms with E-state index in [0.29, 0.717) is 0 Å². The first kappa shape index (κ1) is 20.4. The third-order valence-corrected chi connectivity index (χ3v) is 7.64. The molecule has 0 unspecified atom stereocenters. The fourth-order valence-corrected chi connectivity index (χ4v) is 5.77. The average molecular weight is 458 g/mol. The van der Waals surface area contributed by atoms with Crippen LogP contribution in [0.1, 0.15) is 11.1 Å². The SMILES string of the molecule is CN(C)c1ccc(C2=CC(c3ccccc3)=CC(=C3C=CC(=[N+](C)C)C=C3)[Se]2)cc1. The Labute approximate surface area is 186 Å². The van der Waals surface area contributed by atoms with Gasteiger partial charge in [-0.15, -0.1) is 0 Å². The van der Waals surface area contributed by atoms with E-state index in [9.17, 15) is 0 Å². The van der Waals surface area contributed by atoms with E-state index in [1.807, 2.05) is 0 Å². The number of hydrogen-bond donors (Lipinski definition) is 0. The van der Waals surface area contributed by atoms with Crippen molar-refractivity contribution in [1.82, 2.24) is 0 Å². The van der Waals surface area contributed by atoms with Gasteiger partial charge in [0.2, 0.25) is 0 Å². The van der Waals surface area contributed by atoms with Gasteiger partial charge in [0.1, 0.15) is 0 Å². The second kappa shape index (κ2) is 8.87. The van der Waals surface area contributed by atoms with Gasteiger partial charge in [0, 0.05) is 0 Å². The maximum atomic E-state index is 2.37. The van der Waals surface area contributed by atoms with Crippen molar-refractivity contribution >= 4 is 36.4 Å². The quantitative estimate of drug-likeness (QED) is 0.464. The number of rotatable bonds is 3. The molecule has 0 amide bonds. The standard InChI is InChI=1S/C27H27N2Se/c1-28(2)24-14-10-21(11-15-24)26-18-23(20-8-6-5-7-9-20)19-27(30-26)22-12-16-25(17-13-22)29(3)4/h5-19H,1-4H3/q+1. The molecule has 2 aromatic carbocycles. The molecule has 0 N–H and O–H groups in total. The van der Waals surface area contributed by atoms with Gasteiger partial charge in [-0.1, -0.05) is 0 Å². The molecule has 0 bridgehead atoms. The molecule has 2 aromatic rings. The predicted molar refractivity (Wildman–Crippen MR) is 131 cm³/mol. The Hall–Kier alpha value is -2.87. The molecule has 0 radical (unpaired) electrons. The van der Waals surface area contributed by atoms with Gasteiger partial charge in [-0.3, -0.25) is 0 Å². The molecule has 4 rings (SSSR count). The summed E-state index contributed by atoms with van der Waals surface area (Å²) in [5.74, 6) is 0. The van der Waals surface area contributed by atoms with E-state index in [0.717, 1.165) is 0 Å². The van der Waals surface area contributed by atoms with E-state index in [4.69, 9.17) is 0 Å². The normalized spacial score (nSPS) is 15.8. The number of allylic oxidation sites excluding steroid dienone is 9. The summed E-state index contributed by atoms with van der Waals surface area (Å²) in [6.07, 6.45) is 13.7. The van der Waals surface area contributed by atoms with Crippen LogP contribution in [0.15, 0.2) is 101 Å². The van der Waals surface area contributed by atoms with Gasteiger partial charge in [0.25, 0.3) is 0 Å². The molecule has 1 aliphatic heterocycles. The summed E-state index contributed by atoms with van der Waals surface area (Å²) in [6.45, 7) is 0. The van der Waals surface area contributed by atoms with E-state index < -0.39 is 0 Å². The summed E-state index contributed by atoms with van der Waals surface area (Å²) in [7, 11) is 8.33. The van der Waals surface area contributed by atoms with Gasteiger partial charge >= 0.3 is 186 Å². The molecule has 0 aromatic heterocycles. The predicted octanol–water partition coefficient (Wildman–Crippen LogP) is 4.99. The van der Waals surface area contributed by atoms with Crippen molar-refractivity contribution in [2.24, 2.45) is 0 Å². The summed E-state index contributed by atoms with van der Waals surface area (Å²) < 4.78 is 4.98. The van der Waals surface area contributed by atoms with Gasteiger partial charge in [-0.25, -0.2) is 0 Å². The van der Waals surface area contributed by atoms with E-state index in [1.54, 1.807) is 0 Å². The van der Waals surface area contributed by atoms with Crippen molar-refractivity contribution in [3.05, 3.63) is 112 Å². The second-order valence-electron chi connectivity index (χ2n) is 7.82. The molecule has 3 heteroatoms. The zero-order valence-electron chi connectivity index (χ0n) is 18.0. The molecule has 0 fully saturated rings. The second-order valence-corrected chi connectivity index (χ2v) is 10.1. The molecule has 2 nitrogen and oxygen atoms in total. The van der Waals surface area contributed by atoms with Crippen molar-refractivity contribution in [3.8, 4) is 0 Å². The van der Waals surface area contributed by atoms with Crippen molar-refractivity contribution < 1.29 is 4.58 Å². The van der Waals surface area contributed by atoms with Gasteiger partial charge in [0.15, 0.2) is 0 Å². The molecule has 0 atom stereocenters. The fourth-order valence-electron chi connectivity index (χ4n) is 3.43. The molecule has 1 heterocycles. The number of hydrogen-bond acceptors (Lipinski definition) is 1. The Morgan fingerprint density at radius 2 is 1.40 bits per heavy atom. The number of nitrogens with zero attached hydrogens (tertiary/aromatic N) is 2. The zero-order valence-corrected chi connectivity index (χ0v) is 19.7. The Bertz CT molecular complexity index is 1100. The summed E-state index contributed by atoms with van der Waals surface area (Å²) >= 11 is 0.248. The average Bonchev–Trinajstić information content (AvgIpc) is 2.79. The van der Waals surface area contributed by atoms with Crippen LogP contribution in [-0.2, 0) is 0 Å². The fraction of sp³-hybridized carbons (Fsp3) is 0.148.